The Morgan fingerprint density at radius 3 is 2.09 bits per heavy atom. The second-order valence-corrected chi connectivity index (χ2v) is 4.58. The zero-order chi connectivity index (χ0) is 16.9. The average molecular weight is 331 g/mol. The third kappa shape index (κ3) is 2.34. The number of nitrogens with one attached hydrogen (secondary N) is 1. The number of fused-ring (bicyclic) bond motifs is 1. The molecule has 0 unspecified atom stereocenters. The summed E-state index contributed by atoms with van der Waals surface area (Å²) >= 11 is 0. The Morgan fingerprint density at radius 1 is 1.05 bits per heavy atom. The molecule has 0 aromatic heterocycles. The van der Waals surface area contributed by atoms with E-state index in [1.807, 2.05) is 0 Å². The van der Waals surface area contributed by atoms with Gasteiger partial charge in [0.05, 0.1) is 6.54 Å². The van der Waals surface area contributed by atoms with Gasteiger partial charge in [-0.2, -0.15) is 26.3 Å². The molecule has 2 rings (SSSR count). The molecule has 22 heavy (non-hydrogen) atoms. The first-order chi connectivity index (χ1) is 9.88. The molecule has 1 aromatic rings. The largest absolute Gasteiger partial charge is 0.435 e. The first-order valence-corrected chi connectivity index (χ1v) is 5.67. The van der Waals surface area contributed by atoms with Crippen LogP contribution in [0.2, 0.25) is 0 Å². The van der Waals surface area contributed by atoms with Gasteiger partial charge in [-0.1, -0.05) is 6.07 Å². The van der Waals surface area contributed by atoms with Gasteiger partial charge < -0.3 is 5.32 Å². The van der Waals surface area contributed by atoms with Crippen LogP contribution in [-0.4, -0.2) is 23.4 Å². The second kappa shape index (κ2) is 4.73. The van der Waals surface area contributed by atoms with E-state index < -0.39 is 36.2 Å². The van der Waals surface area contributed by atoms with Crippen LogP contribution in [0.5, 0.6) is 0 Å². The summed E-state index contributed by atoms with van der Waals surface area (Å²) in [5.74, 6) is 5.21. The van der Waals surface area contributed by atoms with E-state index in [-0.39, 0.29) is 11.3 Å². The lowest BCUT2D eigenvalue weighted by Crippen LogP contribution is -2.50. The monoisotopic (exact) mass is 331 g/mol. The molecule has 3 N–H and O–H groups in total. The number of urea groups is 1. The van der Waals surface area contributed by atoms with Crippen molar-refractivity contribution in [1.82, 2.24) is 5.01 Å². The Bertz CT molecular complexity index is 597. The summed E-state index contributed by atoms with van der Waals surface area (Å²) in [5.41, 5.74) is -7.36. The fraction of sp³-hybridized carbons (Fsp3) is 0.364. The highest BCUT2D eigenvalue weighted by Crippen LogP contribution is 2.53. The molecule has 0 radical (unpaired) electrons. The number of nitrogens with zero attached hydrogens (tertiary/aromatic N) is 1. The van der Waals surface area contributed by atoms with Crippen molar-refractivity contribution in [2.75, 3.05) is 5.32 Å². The number of anilines is 1. The topological polar surface area (TPSA) is 58.4 Å². The molecule has 0 fully saturated rings. The molecular weight excluding hydrogens is 323 g/mol. The van der Waals surface area contributed by atoms with Crippen LogP contribution in [0.15, 0.2) is 18.2 Å². The van der Waals surface area contributed by atoms with Crippen LogP contribution in [0, 0.1) is 0 Å². The van der Waals surface area contributed by atoms with Gasteiger partial charge in [0.2, 0.25) is 0 Å². The fourth-order valence-electron chi connectivity index (χ4n) is 1.99. The third-order valence-electron chi connectivity index (χ3n) is 3.13. The predicted molar refractivity (Wildman–Crippen MR) is 60.1 cm³/mol. The van der Waals surface area contributed by atoms with E-state index in [0.29, 0.717) is 17.1 Å². The number of hydrazine groups is 1. The van der Waals surface area contributed by atoms with Crippen molar-refractivity contribution in [2.45, 2.75) is 24.6 Å². The zero-order valence-electron chi connectivity index (χ0n) is 10.5. The maximum atomic E-state index is 13.9. The molecule has 0 atom stereocenters. The highest BCUT2D eigenvalue weighted by molar-refractivity contribution is 5.91. The maximum Gasteiger partial charge on any atom is 0.435 e. The Hall–Kier alpha value is -2.04. The van der Waals surface area contributed by atoms with E-state index in [9.17, 15) is 35.5 Å². The van der Waals surface area contributed by atoms with E-state index in [0.717, 1.165) is 6.07 Å². The Kier molecular flexibility index (Phi) is 3.51. The molecule has 2 amide bonds. The van der Waals surface area contributed by atoms with Gasteiger partial charge in [0.1, 0.15) is 0 Å². The van der Waals surface area contributed by atoms with Crippen LogP contribution in [0.4, 0.5) is 41.2 Å². The van der Waals surface area contributed by atoms with Crippen LogP contribution in [0.3, 0.4) is 0 Å². The van der Waals surface area contributed by atoms with Crippen molar-refractivity contribution in [3.05, 3.63) is 29.3 Å². The number of nitrogens with two attached hydrogens (primary N) is 1. The number of amides is 2. The van der Waals surface area contributed by atoms with Crippen LogP contribution in [0.1, 0.15) is 11.1 Å². The van der Waals surface area contributed by atoms with E-state index in [1.54, 1.807) is 0 Å². The highest BCUT2D eigenvalue weighted by Gasteiger charge is 2.73. The van der Waals surface area contributed by atoms with Crippen LogP contribution in [0.25, 0.3) is 0 Å². The van der Waals surface area contributed by atoms with Crippen molar-refractivity contribution < 1.29 is 35.5 Å². The lowest BCUT2D eigenvalue weighted by atomic mass is 9.91. The van der Waals surface area contributed by atoms with Crippen LogP contribution < -0.4 is 11.2 Å². The summed E-state index contributed by atoms with van der Waals surface area (Å²) in [7, 11) is 0. The number of carbonyl (C=O) groups is 1. The van der Waals surface area contributed by atoms with Gasteiger partial charge in [-0.3, -0.25) is 5.01 Å². The summed E-state index contributed by atoms with van der Waals surface area (Å²) in [4.78, 5) is 11.2. The molecule has 11 heteroatoms. The fourth-order valence-corrected chi connectivity index (χ4v) is 1.99. The number of benzene rings is 1. The first-order valence-electron chi connectivity index (χ1n) is 5.67. The molecule has 1 aromatic carbocycles. The molecule has 0 aliphatic carbocycles. The van der Waals surface area contributed by atoms with Gasteiger partial charge in [-0.05, 0) is 17.7 Å². The standard InChI is InChI=1S/C11H8F7N3O/c12-9(10(13,14)15,11(16,17)18)6-1-2-7-5(3-6)4-21(19)8(22)20-7/h1-3H,4,19H2,(H,20,22). The molecule has 1 aliphatic heterocycles. The van der Waals surface area contributed by atoms with Gasteiger partial charge >= 0.3 is 24.1 Å². The molecule has 1 aliphatic rings. The number of hydrogen-bond donors (Lipinski definition) is 2. The van der Waals surface area contributed by atoms with Gasteiger partial charge in [-0.25, -0.2) is 15.0 Å². The molecule has 0 saturated heterocycles. The number of carbonyl (C=O) groups excluding carboxylic acids is 1. The highest BCUT2D eigenvalue weighted by atomic mass is 19.4. The Labute approximate surface area is 118 Å². The minimum atomic E-state index is -6.19. The molecule has 0 bridgehead atoms. The third-order valence-corrected chi connectivity index (χ3v) is 3.13. The van der Waals surface area contributed by atoms with Gasteiger partial charge in [-0.15, -0.1) is 0 Å². The van der Waals surface area contributed by atoms with Crippen molar-refractivity contribution in [3.63, 3.8) is 0 Å². The quantitative estimate of drug-likeness (QED) is 0.472. The van der Waals surface area contributed by atoms with Crippen molar-refractivity contribution in [2.24, 2.45) is 5.84 Å². The first kappa shape index (κ1) is 16.3. The normalized spacial score (nSPS) is 16.4. The Morgan fingerprint density at radius 2 is 1.59 bits per heavy atom. The second-order valence-electron chi connectivity index (χ2n) is 4.58. The summed E-state index contributed by atoms with van der Waals surface area (Å²) < 4.78 is 89.8. The van der Waals surface area contributed by atoms with Crippen molar-refractivity contribution >= 4 is 11.7 Å². The van der Waals surface area contributed by atoms with E-state index in [1.165, 1.54) is 0 Å². The summed E-state index contributed by atoms with van der Waals surface area (Å²) in [5, 5.41) is 2.68. The predicted octanol–water partition coefficient (Wildman–Crippen LogP) is 3.20. The summed E-state index contributed by atoms with van der Waals surface area (Å²) in [6.45, 7) is -0.458. The van der Waals surface area contributed by atoms with Crippen molar-refractivity contribution in [1.29, 1.82) is 0 Å². The molecule has 0 spiro atoms. The van der Waals surface area contributed by atoms with E-state index >= 15 is 0 Å². The molecule has 0 saturated carbocycles. The van der Waals surface area contributed by atoms with Crippen LogP contribution in [-0.2, 0) is 12.2 Å². The minimum absolute atomic E-state index is 0.0397. The molecular formula is C11H8F7N3O. The Balaban J connectivity index is 2.57. The van der Waals surface area contributed by atoms with Crippen LogP contribution >= 0.6 is 0 Å². The van der Waals surface area contributed by atoms with Gasteiger partial charge in [0, 0.05) is 11.3 Å². The van der Waals surface area contributed by atoms with Crippen molar-refractivity contribution in [3.8, 4) is 0 Å². The molecule has 4 nitrogen and oxygen atoms in total. The smallest absolute Gasteiger partial charge is 0.306 e. The average Bonchev–Trinajstić information content (AvgIpc) is 2.36. The minimum Gasteiger partial charge on any atom is -0.306 e. The lowest BCUT2D eigenvalue weighted by Gasteiger charge is -2.32. The maximum absolute atomic E-state index is 13.9. The number of alkyl halides is 7. The van der Waals surface area contributed by atoms with Gasteiger partial charge in [0.25, 0.3) is 0 Å². The van der Waals surface area contributed by atoms with E-state index in [2.05, 4.69) is 5.32 Å². The number of rotatable bonds is 1. The number of halogens is 7. The van der Waals surface area contributed by atoms with Gasteiger partial charge in [0.15, 0.2) is 0 Å². The zero-order valence-corrected chi connectivity index (χ0v) is 10.5. The number of hydrogen-bond acceptors (Lipinski definition) is 2. The lowest BCUT2D eigenvalue weighted by molar-refractivity contribution is -0.348. The summed E-state index contributed by atoms with van der Waals surface area (Å²) in [6, 6.07) is 0.682. The SMILES string of the molecule is NN1Cc2cc(C(F)(C(F)(F)F)C(F)(F)F)ccc2NC1=O. The van der Waals surface area contributed by atoms with E-state index in [4.69, 9.17) is 5.84 Å². The molecule has 122 valence electrons. The summed E-state index contributed by atoms with van der Waals surface area (Å²) in [6.07, 6.45) is -12.4. The molecule has 1 heterocycles.